The van der Waals surface area contributed by atoms with Crippen molar-refractivity contribution in [3.63, 3.8) is 0 Å². The molecule has 0 radical (unpaired) electrons. The predicted octanol–water partition coefficient (Wildman–Crippen LogP) is 2.75. The minimum atomic E-state index is -0.419. The fourth-order valence-electron chi connectivity index (χ4n) is 1.57. The maximum atomic E-state index is 9.99. The van der Waals surface area contributed by atoms with Gasteiger partial charge in [0, 0.05) is 17.5 Å². The molecule has 2 N–H and O–H groups in total. The Labute approximate surface area is 102 Å². The summed E-state index contributed by atoms with van der Waals surface area (Å²) in [7, 11) is 0. The lowest BCUT2D eigenvalue weighted by Gasteiger charge is -2.15. The largest absolute Gasteiger partial charge is 0.387 e. The summed E-state index contributed by atoms with van der Waals surface area (Å²) < 4.78 is 0. The molecule has 0 aliphatic heterocycles. The summed E-state index contributed by atoms with van der Waals surface area (Å²) in [6, 6.07) is 6.55. The molecule has 2 nitrogen and oxygen atoms in total. The fraction of sp³-hybridized carbons (Fsp3) is 0.538. The zero-order chi connectivity index (χ0) is 12.1. The third-order valence-electron chi connectivity index (χ3n) is 2.52. The van der Waals surface area contributed by atoms with Crippen LogP contribution in [0.25, 0.3) is 0 Å². The van der Waals surface area contributed by atoms with Gasteiger partial charge in [-0.25, -0.2) is 0 Å². The molecule has 0 heterocycles. The number of aryl methyl sites for hydroxylation is 1. The molecule has 0 bridgehead atoms. The highest BCUT2D eigenvalue weighted by atomic mass is 32.2. The highest BCUT2D eigenvalue weighted by Gasteiger charge is 2.09. The Bertz CT molecular complexity index is 339. The monoisotopic (exact) mass is 239 g/mol. The lowest BCUT2D eigenvalue weighted by Crippen LogP contribution is -2.27. The number of benzene rings is 1. The van der Waals surface area contributed by atoms with Crippen LogP contribution in [-0.4, -0.2) is 23.9 Å². The molecule has 1 aromatic carbocycles. The van der Waals surface area contributed by atoms with Crippen molar-refractivity contribution in [3.05, 3.63) is 29.3 Å². The Morgan fingerprint density at radius 2 is 2.06 bits per heavy atom. The van der Waals surface area contributed by atoms with Crippen molar-refractivity contribution >= 4 is 11.8 Å². The second kappa shape index (κ2) is 6.28. The van der Waals surface area contributed by atoms with Crippen LogP contribution in [0, 0.1) is 6.92 Å². The van der Waals surface area contributed by atoms with Crippen molar-refractivity contribution in [2.45, 2.75) is 37.8 Å². The van der Waals surface area contributed by atoms with Crippen LogP contribution in [0.4, 0.5) is 0 Å². The Morgan fingerprint density at radius 1 is 1.38 bits per heavy atom. The zero-order valence-electron chi connectivity index (χ0n) is 10.4. The van der Waals surface area contributed by atoms with Crippen molar-refractivity contribution in [2.24, 2.45) is 0 Å². The first-order valence-corrected chi connectivity index (χ1v) is 6.83. The summed E-state index contributed by atoms with van der Waals surface area (Å²) in [6.07, 6.45) is 1.65. The highest BCUT2D eigenvalue weighted by Crippen LogP contribution is 2.23. The second-order valence-corrected chi connectivity index (χ2v) is 5.16. The Hall–Kier alpha value is -0.510. The van der Waals surface area contributed by atoms with Crippen molar-refractivity contribution in [2.75, 3.05) is 12.8 Å². The van der Waals surface area contributed by atoms with E-state index in [1.54, 1.807) is 11.8 Å². The molecule has 1 aromatic rings. The molecule has 0 aliphatic carbocycles. The fourth-order valence-corrected chi connectivity index (χ4v) is 2.16. The van der Waals surface area contributed by atoms with Crippen molar-refractivity contribution < 1.29 is 5.11 Å². The van der Waals surface area contributed by atoms with Crippen LogP contribution >= 0.6 is 11.8 Å². The van der Waals surface area contributed by atoms with Gasteiger partial charge in [-0.15, -0.1) is 11.8 Å². The van der Waals surface area contributed by atoms with Crippen LogP contribution in [0.2, 0.25) is 0 Å². The van der Waals surface area contributed by atoms with Gasteiger partial charge < -0.3 is 10.4 Å². The van der Waals surface area contributed by atoms with E-state index in [0.717, 1.165) is 5.56 Å². The van der Waals surface area contributed by atoms with E-state index in [0.29, 0.717) is 12.6 Å². The first-order chi connectivity index (χ1) is 7.54. The summed E-state index contributed by atoms with van der Waals surface area (Å²) in [4.78, 5) is 1.27. The molecule has 3 heteroatoms. The lowest BCUT2D eigenvalue weighted by atomic mass is 10.1. The number of rotatable bonds is 5. The first kappa shape index (κ1) is 13.6. The lowest BCUT2D eigenvalue weighted by molar-refractivity contribution is 0.171. The van der Waals surface area contributed by atoms with Crippen molar-refractivity contribution in [1.29, 1.82) is 0 Å². The molecule has 0 amide bonds. The number of aliphatic hydroxyl groups is 1. The van der Waals surface area contributed by atoms with Crippen LogP contribution in [0.5, 0.6) is 0 Å². The Kier molecular flexibility index (Phi) is 5.32. The van der Waals surface area contributed by atoms with Crippen LogP contribution in [0.1, 0.15) is 31.1 Å². The van der Waals surface area contributed by atoms with E-state index >= 15 is 0 Å². The molecule has 1 unspecified atom stereocenters. The number of aliphatic hydroxyl groups excluding tert-OH is 1. The molecule has 1 rings (SSSR count). The van der Waals surface area contributed by atoms with Gasteiger partial charge in [0.05, 0.1) is 6.10 Å². The maximum Gasteiger partial charge on any atom is 0.0914 e. The number of hydrogen-bond acceptors (Lipinski definition) is 3. The zero-order valence-corrected chi connectivity index (χ0v) is 11.3. The molecule has 0 spiro atoms. The van der Waals surface area contributed by atoms with Crippen LogP contribution in [0.3, 0.4) is 0 Å². The van der Waals surface area contributed by atoms with E-state index < -0.39 is 6.10 Å². The summed E-state index contributed by atoms with van der Waals surface area (Å²) in [6.45, 7) is 6.84. The molecule has 0 fully saturated rings. The maximum absolute atomic E-state index is 9.99. The molecule has 0 aromatic heterocycles. The molecule has 90 valence electrons. The molecule has 1 atom stereocenters. The Balaban J connectivity index is 2.69. The third kappa shape index (κ3) is 3.81. The number of hydrogen-bond donors (Lipinski definition) is 2. The van der Waals surface area contributed by atoms with E-state index in [4.69, 9.17) is 0 Å². The van der Waals surface area contributed by atoms with Crippen LogP contribution < -0.4 is 5.32 Å². The molecule has 0 aliphatic rings. The van der Waals surface area contributed by atoms with Gasteiger partial charge in [0.15, 0.2) is 0 Å². The number of thioether (sulfide) groups is 1. The smallest absolute Gasteiger partial charge is 0.0914 e. The summed E-state index contributed by atoms with van der Waals surface area (Å²) in [5.41, 5.74) is 2.22. The van der Waals surface area contributed by atoms with Crippen molar-refractivity contribution in [1.82, 2.24) is 5.32 Å². The minimum Gasteiger partial charge on any atom is -0.387 e. The van der Waals surface area contributed by atoms with Crippen molar-refractivity contribution in [3.8, 4) is 0 Å². The van der Waals surface area contributed by atoms with E-state index in [1.165, 1.54) is 10.5 Å². The summed E-state index contributed by atoms with van der Waals surface area (Å²) >= 11 is 1.74. The number of nitrogens with one attached hydrogen (secondary N) is 1. The van der Waals surface area contributed by atoms with Gasteiger partial charge in [0.2, 0.25) is 0 Å². The van der Waals surface area contributed by atoms with Gasteiger partial charge in [0.25, 0.3) is 0 Å². The molecular formula is C13H21NOS. The average Bonchev–Trinajstić information content (AvgIpc) is 2.25. The predicted molar refractivity (Wildman–Crippen MR) is 71.1 cm³/mol. The quantitative estimate of drug-likeness (QED) is 0.775. The molecule has 0 saturated carbocycles. The Morgan fingerprint density at radius 3 is 2.56 bits per heavy atom. The summed E-state index contributed by atoms with van der Waals surface area (Å²) in [5.74, 6) is 0. The van der Waals surface area contributed by atoms with Gasteiger partial charge in [-0.1, -0.05) is 26.0 Å². The van der Waals surface area contributed by atoms with Gasteiger partial charge in [-0.2, -0.15) is 0 Å². The van der Waals surface area contributed by atoms with E-state index in [9.17, 15) is 5.11 Å². The molecule has 0 saturated heterocycles. The van der Waals surface area contributed by atoms with Gasteiger partial charge in [-0.05, 0) is 30.4 Å². The molecular weight excluding hydrogens is 218 g/mol. The highest BCUT2D eigenvalue weighted by molar-refractivity contribution is 7.98. The van der Waals surface area contributed by atoms with Gasteiger partial charge >= 0.3 is 0 Å². The third-order valence-corrected chi connectivity index (χ3v) is 3.42. The SMILES string of the molecule is CSc1ccc(C(O)CNC(C)C)cc1C. The van der Waals surface area contributed by atoms with Crippen LogP contribution in [0.15, 0.2) is 23.1 Å². The average molecular weight is 239 g/mol. The normalized spacial score (nSPS) is 13.1. The van der Waals surface area contributed by atoms with Gasteiger partial charge in [-0.3, -0.25) is 0 Å². The first-order valence-electron chi connectivity index (χ1n) is 5.60. The standard InChI is InChI=1S/C13H21NOS/c1-9(2)14-8-12(15)11-5-6-13(16-4)10(3)7-11/h5-7,9,12,14-15H,8H2,1-4H3. The van der Waals surface area contributed by atoms with E-state index in [2.05, 4.69) is 44.5 Å². The topological polar surface area (TPSA) is 32.3 Å². The minimum absolute atomic E-state index is 0.404. The van der Waals surface area contributed by atoms with Crippen LogP contribution in [-0.2, 0) is 0 Å². The van der Waals surface area contributed by atoms with Gasteiger partial charge in [0.1, 0.15) is 0 Å². The summed E-state index contributed by atoms with van der Waals surface area (Å²) in [5, 5.41) is 13.2. The molecule has 16 heavy (non-hydrogen) atoms. The van der Waals surface area contributed by atoms with E-state index in [1.807, 2.05) is 6.07 Å². The second-order valence-electron chi connectivity index (χ2n) is 4.31. The van der Waals surface area contributed by atoms with E-state index in [-0.39, 0.29) is 0 Å².